The van der Waals surface area contributed by atoms with Gasteiger partial charge in [-0.1, -0.05) is 24.3 Å². The highest BCUT2D eigenvalue weighted by atomic mass is 16.5. The molecule has 0 saturated carbocycles. The second-order valence-corrected chi connectivity index (χ2v) is 6.82. The summed E-state index contributed by atoms with van der Waals surface area (Å²) in [6.07, 6.45) is 3.01. The van der Waals surface area contributed by atoms with Crippen molar-refractivity contribution in [3.8, 4) is 5.75 Å². The minimum Gasteiger partial charge on any atom is -0.485 e. The highest BCUT2D eigenvalue weighted by molar-refractivity contribution is 5.91. The molecule has 1 atom stereocenters. The van der Waals surface area contributed by atoms with Crippen molar-refractivity contribution < 1.29 is 13.9 Å². The maximum absolute atomic E-state index is 12.5. The van der Waals surface area contributed by atoms with Crippen LogP contribution in [0.2, 0.25) is 0 Å². The zero-order valence-electron chi connectivity index (χ0n) is 16.0. The van der Waals surface area contributed by atoms with Crippen LogP contribution in [-0.4, -0.2) is 48.6 Å². The fourth-order valence-electron chi connectivity index (χ4n) is 3.40. The first-order chi connectivity index (χ1) is 13.6. The Morgan fingerprint density at radius 3 is 2.86 bits per heavy atom. The smallest absolute Gasteiger partial charge is 0.246 e. The predicted octanol–water partition coefficient (Wildman–Crippen LogP) is 3.59. The molecule has 0 N–H and O–H groups in total. The van der Waals surface area contributed by atoms with Gasteiger partial charge in [0, 0.05) is 25.7 Å². The number of oxazole rings is 1. The third kappa shape index (κ3) is 3.71. The molecule has 6 nitrogen and oxygen atoms in total. The lowest BCUT2D eigenvalue weighted by atomic mass is 10.2. The maximum Gasteiger partial charge on any atom is 0.246 e. The Labute approximate surface area is 164 Å². The van der Waals surface area contributed by atoms with Crippen molar-refractivity contribution in [2.45, 2.75) is 13.0 Å². The van der Waals surface area contributed by atoms with Crippen LogP contribution < -0.4 is 9.64 Å². The summed E-state index contributed by atoms with van der Waals surface area (Å²) in [4.78, 5) is 20.8. The number of nitrogens with zero attached hydrogens (tertiary/aromatic N) is 3. The Balaban J connectivity index is 1.40. The van der Waals surface area contributed by atoms with Crippen LogP contribution in [0.3, 0.4) is 0 Å². The van der Waals surface area contributed by atoms with Crippen LogP contribution in [0.4, 0.5) is 5.69 Å². The summed E-state index contributed by atoms with van der Waals surface area (Å²) in [5.41, 5.74) is 2.58. The van der Waals surface area contributed by atoms with E-state index in [9.17, 15) is 4.79 Å². The second kappa shape index (κ2) is 7.76. The van der Waals surface area contributed by atoms with Crippen LogP contribution in [0.1, 0.15) is 12.8 Å². The van der Waals surface area contributed by atoms with E-state index >= 15 is 0 Å². The van der Waals surface area contributed by atoms with Gasteiger partial charge in [0.15, 0.2) is 5.58 Å². The van der Waals surface area contributed by atoms with Crippen LogP contribution in [0, 0.1) is 0 Å². The van der Waals surface area contributed by atoms with E-state index in [2.05, 4.69) is 22.9 Å². The van der Waals surface area contributed by atoms with Gasteiger partial charge in [-0.05, 0) is 31.2 Å². The number of benzene rings is 2. The normalized spacial score (nSPS) is 16.2. The Morgan fingerprint density at radius 2 is 2.04 bits per heavy atom. The van der Waals surface area contributed by atoms with E-state index < -0.39 is 0 Å². The highest BCUT2D eigenvalue weighted by Gasteiger charge is 2.26. The van der Waals surface area contributed by atoms with E-state index in [1.807, 2.05) is 42.5 Å². The van der Waals surface area contributed by atoms with Gasteiger partial charge in [0.1, 0.15) is 17.4 Å². The molecular weight excluding hydrogens is 354 g/mol. The molecule has 6 heteroatoms. The van der Waals surface area contributed by atoms with Gasteiger partial charge in [0.2, 0.25) is 11.8 Å². The monoisotopic (exact) mass is 377 g/mol. The van der Waals surface area contributed by atoms with E-state index in [-0.39, 0.29) is 12.0 Å². The number of fused-ring (bicyclic) bond motifs is 2. The number of aromatic nitrogens is 1. The van der Waals surface area contributed by atoms with E-state index in [0.717, 1.165) is 30.0 Å². The molecule has 144 valence electrons. The molecule has 0 fully saturated rings. The standard InChI is InChI=1S/C22H23N3O3/c1-3-25-15-16(27-20-11-7-5-9-18(20)25)14-24(2)22(26)13-12-21-23-17-8-4-6-10-19(17)28-21/h4-13,16H,3,14-15H2,1-2H3/b13-12-/t16-/m1/s1. The van der Waals surface area contributed by atoms with Crippen LogP contribution in [0.5, 0.6) is 5.75 Å². The number of ether oxygens (including phenoxy) is 1. The molecule has 2 aromatic carbocycles. The molecule has 4 rings (SSSR count). The van der Waals surface area contributed by atoms with Gasteiger partial charge in [-0.15, -0.1) is 0 Å². The van der Waals surface area contributed by atoms with Crippen molar-refractivity contribution >= 4 is 28.8 Å². The van der Waals surface area contributed by atoms with E-state index in [1.54, 1.807) is 18.0 Å². The first-order valence-corrected chi connectivity index (χ1v) is 9.43. The Bertz CT molecular complexity index is 978. The molecule has 28 heavy (non-hydrogen) atoms. The molecule has 0 bridgehead atoms. The average Bonchev–Trinajstić information content (AvgIpc) is 3.14. The number of likely N-dealkylation sites (N-methyl/N-ethyl adjacent to an activating group) is 2. The van der Waals surface area contributed by atoms with Gasteiger partial charge in [-0.2, -0.15) is 0 Å². The lowest BCUT2D eigenvalue weighted by Crippen LogP contribution is -2.46. The highest BCUT2D eigenvalue weighted by Crippen LogP contribution is 2.32. The van der Waals surface area contributed by atoms with Gasteiger partial charge in [-0.3, -0.25) is 4.79 Å². The van der Waals surface area contributed by atoms with Crippen LogP contribution in [0.15, 0.2) is 59.0 Å². The molecular formula is C22H23N3O3. The number of para-hydroxylation sites is 4. The van der Waals surface area contributed by atoms with Gasteiger partial charge >= 0.3 is 0 Å². The fraction of sp³-hybridized carbons (Fsp3) is 0.273. The number of hydrogen-bond acceptors (Lipinski definition) is 5. The minimum atomic E-state index is -0.118. The van der Waals surface area contributed by atoms with Gasteiger partial charge < -0.3 is 19.0 Å². The topological polar surface area (TPSA) is 58.8 Å². The maximum atomic E-state index is 12.5. The number of rotatable bonds is 5. The summed E-state index contributed by atoms with van der Waals surface area (Å²) >= 11 is 0. The molecule has 1 amide bonds. The molecule has 0 radical (unpaired) electrons. The van der Waals surface area contributed by atoms with Crippen molar-refractivity contribution in [2.75, 3.05) is 31.6 Å². The number of anilines is 1. The van der Waals surface area contributed by atoms with Gasteiger partial charge in [0.05, 0.1) is 18.8 Å². The summed E-state index contributed by atoms with van der Waals surface area (Å²) in [6.45, 7) is 4.27. The lowest BCUT2D eigenvalue weighted by molar-refractivity contribution is -0.125. The van der Waals surface area contributed by atoms with Crippen molar-refractivity contribution in [3.63, 3.8) is 0 Å². The molecule has 0 saturated heterocycles. The minimum absolute atomic E-state index is 0.0819. The molecule has 1 aromatic heterocycles. The summed E-state index contributed by atoms with van der Waals surface area (Å²) in [5, 5.41) is 0. The number of amides is 1. The van der Waals surface area contributed by atoms with Crippen LogP contribution >= 0.6 is 0 Å². The molecule has 0 spiro atoms. The van der Waals surface area contributed by atoms with Crippen LogP contribution in [-0.2, 0) is 4.79 Å². The Hall–Kier alpha value is -3.28. The molecule has 0 unspecified atom stereocenters. The Morgan fingerprint density at radius 1 is 1.25 bits per heavy atom. The second-order valence-electron chi connectivity index (χ2n) is 6.82. The largest absolute Gasteiger partial charge is 0.485 e. The number of carbonyl (C=O) groups is 1. The van der Waals surface area contributed by atoms with E-state index in [1.165, 1.54) is 6.08 Å². The average molecular weight is 377 g/mol. The summed E-state index contributed by atoms with van der Waals surface area (Å²) in [7, 11) is 1.78. The molecule has 1 aliphatic rings. The van der Waals surface area contributed by atoms with Crippen LogP contribution in [0.25, 0.3) is 17.2 Å². The van der Waals surface area contributed by atoms with Crippen molar-refractivity contribution in [1.82, 2.24) is 9.88 Å². The SMILES string of the molecule is CCN1C[C@@H](CN(C)C(=O)/C=C\c2nc3ccccc3o2)Oc2ccccc21. The fourth-order valence-corrected chi connectivity index (χ4v) is 3.40. The van der Waals surface area contributed by atoms with E-state index in [4.69, 9.17) is 9.15 Å². The van der Waals surface area contributed by atoms with Crippen molar-refractivity contribution in [1.29, 1.82) is 0 Å². The summed E-state index contributed by atoms with van der Waals surface area (Å²) in [5.74, 6) is 1.17. The number of carbonyl (C=O) groups excluding carboxylic acids is 1. The molecule has 1 aliphatic heterocycles. The zero-order chi connectivity index (χ0) is 19.5. The van der Waals surface area contributed by atoms with Crippen molar-refractivity contribution in [3.05, 3.63) is 60.5 Å². The third-order valence-corrected chi connectivity index (χ3v) is 4.84. The van der Waals surface area contributed by atoms with Crippen molar-refractivity contribution in [2.24, 2.45) is 0 Å². The molecule has 0 aliphatic carbocycles. The van der Waals surface area contributed by atoms with Gasteiger partial charge in [-0.25, -0.2) is 4.98 Å². The summed E-state index contributed by atoms with van der Waals surface area (Å²) in [6, 6.07) is 15.5. The molecule has 3 aromatic rings. The van der Waals surface area contributed by atoms with E-state index in [0.29, 0.717) is 18.0 Å². The first kappa shape index (κ1) is 18.1. The number of hydrogen-bond donors (Lipinski definition) is 0. The summed E-state index contributed by atoms with van der Waals surface area (Å²) < 4.78 is 11.7. The zero-order valence-corrected chi connectivity index (χ0v) is 16.0. The third-order valence-electron chi connectivity index (χ3n) is 4.84. The Kier molecular flexibility index (Phi) is 5.02. The van der Waals surface area contributed by atoms with Gasteiger partial charge in [0.25, 0.3) is 0 Å². The molecule has 2 heterocycles. The quantitative estimate of drug-likeness (QED) is 0.636. The lowest BCUT2D eigenvalue weighted by Gasteiger charge is -2.37. The first-order valence-electron chi connectivity index (χ1n) is 9.43. The predicted molar refractivity (Wildman–Crippen MR) is 109 cm³/mol.